The summed E-state index contributed by atoms with van der Waals surface area (Å²) in [7, 11) is 0. The molecule has 0 bridgehead atoms. The topological polar surface area (TPSA) is 58.7 Å². The first kappa shape index (κ1) is 15.8. The van der Waals surface area contributed by atoms with Crippen molar-refractivity contribution >= 4 is 5.69 Å². The maximum absolute atomic E-state index is 8.95. The predicted molar refractivity (Wildman–Crippen MR) is 79.5 cm³/mol. The molecule has 0 unspecified atom stereocenters. The first-order valence-corrected chi connectivity index (χ1v) is 7.05. The van der Waals surface area contributed by atoms with Crippen LogP contribution in [0.3, 0.4) is 0 Å². The van der Waals surface area contributed by atoms with Gasteiger partial charge in [0.25, 0.3) is 0 Å². The maximum Gasteiger partial charge on any atom is 0.142 e. The van der Waals surface area contributed by atoms with Gasteiger partial charge in [-0.3, -0.25) is 0 Å². The summed E-state index contributed by atoms with van der Waals surface area (Å²) in [5.74, 6) is 0.772. The lowest BCUT2D eigenvalue weighted by molar-refractivity contribution is 0.203. The highest BCUT2D eigenvalue weighted by molar-refractivity contribution is 5.54. The van der Waals surface area contributed by atoms with Crippen LogP contribution in [0.5, 0.6) is 5.75 Å². The summed E-state index contributed by atoms with van der Waals surface area (Å²) in [6.45, 7) is 7.70. The van der Waals surface area contributed by atoms with Gasteiger partial charge in [0.15, 0.2) is 0 Å². The Hall–Kier alpha value is -1.26. The largest absolute Gasteiger partial charge is 0.491 e. The van der Waals surface area contributed by atoms with E-state index in [2.05, 4.69) is 24.8 Å². The number of hydrogen-bond acceptors (Lipinski definition) is 4. The standard InChI is InChI=1S/C15H26N2O2/c1-3-11-19-15-6-5-13(12-14(15)16)7-8-17(4-2)9-10-18/h5-6,12,18H,3-4,7-11,16H2,1-2H3. The van der Waals surface area contributed by atoms with Crippen LogP contribution in [0.25, 0.3) is 0 Å². The summed E-state index contributed by atoms with van der Waals surface area (Å²) < 4.78 is 5.56. The molecule has 0 aliphatic heterocycles. The number of aliphatic hydroxyl groups excluding tert-OH is 1. The average Bonchev–Trinajstić information content (AvgIpc) is 2.42. The lowest BCUT2D eigenvalue weighted by Gasteiger charge is -2.19. The van der Waals surface area contributed by atoms with Crippen molar-refractivity contribution < 1.29 is 9.84 Å². The van der Waals surface area contributed by atoms with Gasteiger partial charge in [-0.1, -0.05) is 19.9 Å². The number of hydrogen-bond donors (Lipinski definition) is 2. The van der Waals surface area contributed by atoms with E-state index in [-0.39, 0.29) is 6.61 Å². The van der Waals surface area contributed by atoms with Crippen molar-refractivity contribution in [3.05, 3.63) is 23.8 Å². The van der Waals surface area contributed by atoms with E-state index in [1.807, 2.05) is 12.1 Å². The van der Waals surface area contributed by atoms with Crippen molar-refractivity contribution in [2.45, 2.75) is 26.7 Å². The molecule has 0 aromatic heterocycles. The van der Waals surface area contributed by atoms with Gasteiger partial charge < -0.3 is 20.5 Å². The van der Waals surface area contributed by atoms with Crippen LogP contribution in [0, 0.1) is 0 Å². The predicted octanol–water partition coefficient (Wildman–Crippen LogP) is 1.91. The Bertz CT molecular complexity index is 369. The second kappa shape index (κ2) is 8.77. The van der Waals surface area contributed by atoms with Crippen LogP contribution < -0.4 is 10.5 Å². The normalized spacial score (nSPS) is 10.9. The smallest absolute Gasteiger partial charge is 0.142 e. The molecule has 1 aromatic carbocycles. The molecule has 0 saturated heterocycles. The lowest BCUT2D eigenvalue weighted by Crippen LogP contribution is -2.28. The van der Waals surface area contributed by atoms with Crippen molar-refractivity contribution in [1.82, 2.24) is 4.90 Å². The molecular formula is C15H26N2O2. The van der Waals surface area contributed by atoms with Crippen LogP contribution in [0.2, 0.25) is 0 Å². The fourth-order valence-electron chi connectivity index (χ4n) is 1.95. The third-order valence-electron chi connectivity index (χ3n) is 3.12. The molecule has 0 spiro atoms. The van der Waals surface area contributed by atoms with Gasteiger partial charge in [0.05, 0.1) is 18.9 Å². The number of rotatable bonds is 9. The summed E-state index contributed by atoms with van der Waals surface area (Å²) in [5, 5.41) is 8.95. The Labute approximate surface area is 116 Å². The van der Waals surface area contributed by atoms with E-state index in [1.165, 1.54) is 5.56 Å². The molecule has 0 aliphatic carbocycles. The third kappa shape index (κ3) is 5.49. The molecule has 1 aromatic rings. The van der Waals surface area contributed by atoms with E-state index >= 15 is 0 Å². The highest BCUT2D eigenvalue weighted by Gasteiger charge is 2.05. The Balaban J connectivity index is 2.53. The first-order chi connectivity index (χ1) is 9.21. The molecule has 3 N–H and O–H groups in total. The minimum atomic E-state index is 0.208. The van der Waals surface area contributed by atoms with E-state index in [9.17, 15) is 0 Å². The van der Waals surface area contributed by atoms with Crippen molar-refractivity contribution in [2.24, 2.45) is 0 Å². The number of benzene rings is 1. The zero-order valence-electron chi connectivity index (χ0n) is 12.1. The fraction of sp³-hybridized carbons (Fsp3) is 0.600. The summed E-state index contributed by atoms with van der Waals surface area (Å²) in [5.41, 5.74) is 7.89. The molecule has 0 radical (unpaired) electrons. The average molecular weight is 266 g/mol. The van der Waals surface area contributed by atoms with E-state index < -0.39 is 0 Å². The van der Waals surface area contributed by atoms with Crippen LogP contribution >= 0.6 is 0 Å². The van der Waals surface area contributed by atoms with Gasteiger partial charge in [-0.15, -0.1) is 0 Å². The molecule has 0 saturated carbocycles. The summed E-state index contributed by atoms with van der Waals surface area (Å²) in [6, 6.07) is 5.99. The molecule has 19 heavy (non-hydrogen) atoms. The highest BCUT2D eigenvalue weighted by atomic mass is 16.5. The van der Waals surface area contributed by atoms with Crippen molar-refractivity contribution in [1.29, 1.82) is 0 Å². The summed E-state index contributed by atoms with van der Waals surface area (Å²) in [4.78, 5) is 2.22. The minimum Gasteiger partial charge on any atom is -0.491 e. The number of aliphatic hydroxyl groups is 1. The van der Waals surface area contributed by atoms with Gasteiger partial charge in [0, 0.05) is 13.1 Å². The zero-order chi connectivity index (χ0) is 14.1. The maximum atomic E-state index is 8.95. The molecule has 0 aliphatic rings. The van der Waals surface area contributed by atoms with Gasteiger partial charge in [0.1, 0.15) is 5.75 Å². The van der Waals surface area contributed by atoms with Gasteiger partial charge >= 0.3 is 0 Å². The van der Waals surface area contributed by atoms with Gasteiger partial charge in [-0.2, -0.15) is 0 Å². The lowest BCUT2D eigenvalue weighted by atomic mass is 10.1. The Morgan fingerprint density at radius 3 is 2.63 bits per heavy atom. The van der Waals surface area contributed by atoms with Gasteiger partial charge in [0.2, 0.25) is 0 Å². The number of nitrogens with zero attached hydrogens (tertiary/aromatic N) is 1. The molecule has 108 valence electrons. The van der Waals surface area contributed by atoms with Crippen LogP contribution in [-0.4, -0.2) is 42.9 Å². The molecule has 4 heteroatoms. The summed E-state index contributed by atoms with van der Waals surface area (Å²) >= 11 is 0. The third-order valence-corrected chi connectivity index (χ3v) is 3.12. The quantitative estimate of drug-likeness (QED) is 0.670. The number of likely N-dealkylation sites (N-methyl/N-ethyl adjacent to an activating group) is 1. The van der Waals surface area contributed by atoms with Gasteiger partial charge in [-0.25, -0.2) is 0 Å². The molecule has 4 nitrogen and oxygen atoms in total. The monoisotopic (exact) mass is 266 g/mol. The van der Waals surface area contributed by atoms with Crippen LogP contribution in [0.15, 0.2) is 18.2 Å². The van der Waals surface area contributed by atoms with Crippen molar-refractivity contribution in [3.63, 3.8) is 0 Å². The second-order valence-electron chi connectivity index (χ2n) is 4.63. The molecule has 0 amide bonds. The van der Waals surface area contributed by atoms with E-state index in [0.29, 0.717) is 12.3 Å². The Kier molecular flexibility index (Phi) is 7.30. The number of nitrogen functional groups attached to an aromatic ring is 1. The first-order valence-electron chi connectivity index (χ1n) is 7.05. The van der Waals surface area contributed by atoms with Crippen LogP contribution in [0.4, 0.5) is 5.69 Å². The number of anilines is 1. The van der Waals surface area contributed by atoms with E-state index in [4.69, 9.17) is 15.6 Å². The minimum absolute atomic E-state index is 0.208. The molecule has 0 atom stereocenters. The fourth-order valence-corrected chi connectivity index (χ4v) is 1.95. The van der Waals surface area contributed by atoms with Crippen LogP contribution in [-0.2, 0) is 6.42 Å². The van der Waals surface area contributed by atoms with E-state index in [0.717, 1.165) is 38.2 Å². The zero-order valence-corrected chi connectivity index (χ0v) is 12.1. The number of nitrogens with two attached hydrogens (primary N) is 1. The summed E-state index contributed by atoms with van der Waals surface area (Å²) in [6.07, 6.45) is 1.92. The highest BCUT2D eigenvalue weighted by Crippen LogP contribution is 2.23. The number of ether oxygens (including phenoxy) is 1. The van der Waals surface area contributed by atoms with Crippen LogP contribution in [0.1, 0.15) is 25.8 Å². The SMILES string of the molecule is CCCOc1ccc(CCN(CC)CCO)cc1N. The second-order valence-corrected chi connectivity index (χ2v) is 4.63. The molecule has 0 fully saturated rings. The van der Waals surface area contributed by atoms with Crippen molar-refractivity contribution in [3.8, 4) is 5.75 Å². The van der Waals surface area contributed by atoms with E-state index in [1.54, 1.807) is 0 Å². The van der Waals surface area contributed by atoms with Gasteiger partial charge in [-0.05, 0) is 37.1 Å². The Morgan fingerprint density at radius 1 is 1.26 bits per heavy atom. The Morgan fingerprint density at radius 2 is 2.05 bits per heavy atom. The molecular weight excluding hydrogens is 240 g/mol. The van der Waals surface area contributed by atoms with Crippen molar-refractivity contribution in [2.75, 3.05) is 38.6 Å². The molecule has 1 rings (SSSR count). The molecule has 0 heterocycles.